The molecule has 8 heteroatoms. The molecule has 0 aromatic heterocycles. The Morgan fingerprint density at radius 2 is 1.89 bits per heavy atom. The van der Waals surface area contributed by atoms with Crippen molar-refractivity contribution in [1.82, 2.24) is 4.90 Å². The summed E-state index contributed by atoms with van der Waals surface area (Å²) in [6.45, 7) is 4.63. The van der Waals surface area contributed by atoms with Crippen LogP contribution in [0.15, 0.2) is 35.3 Å². The van der Waals surface area contributed by atoms with E-state index < -0.39 is 11.7 Å². The Hall–Kier alpha value is -2.41. The molecular weight excluding hydrogens is 381 g/mol. The van der Waals surface area contributed by atoms with Gasteiger partial charge in [-0.1, -0.05) is 11.6 Å². The SMILES string of the molecule is CCN(C)C=Nc1cc(OC)c(Oc2ccc(Cl)c(C(F)(F)F)c2)cc1C. The van der Waals surface area contributed by atoms with Crippen LogP contribution < -0.4 is 9.47 Å². The standard InChI is InChI=1S/C19H20ClF3N2O2/c1-5-25(3)11-24-16-10-17(26-4)18(8-12(16)2)27-13-6-7-15(20)14(9-13)19(21,22)23/h6-11H,5H2,1-4H3. The maximum absolute atomic E-state index is 13.0. The number of alkyl halides is 3. The van der Waals surface area contributed by atoms with E-state index >= 15 is 0 Å². The van der Waals surface area contributed by atoms with Crippen LogP contribution in [-0.4, -0.2) is 31.9 Å². The molecule has 0 N–H and O–H groups in total. The van der Waals surface area contributed by atoms with E-state index in [9.17, 15) is 13.2 Å². The second kappa shape index (κ2) is 8.52. The third-order valence-corrected chi connectivity index (χ3v) is 4.18. The van der Waals surface area contributed by atoms with Crippen molar-refractivity contribution < 1.29 is 22.6 Å². The van der Waals surface area contributed by atoms with Gasteiger partial charge in [-0.25, -0.2) is 4.99 Å². The number of aryl methyl sites for hydroxylation is 1. The minimum atomic E-state index is -4.57. The highest BCUT2D eigenvalue weighted by molar-refractivity contribution is 6.31. The first kappa shape index (κ1) is 20.9. The summed E-state index contributed by atoms with van der Waals surface area (Å²) in [5.41, 5.74) is 0.504. The molecule has 0 atom stereocenters. The Morgan fingerprint density at radius 3 is 2.48 bits per heavy atom. The Balaban J connectivity index is 2.37. The van der Waals surface area contributed by atoms with Gasteiger partial charge < -0.3 is 14.4 Å². The van der Waals surface area contributed by atoms with Crippen molar-refractivity contribution in [2.75, 3.05) is 20.7 Å². The van der Waals surface area contributed by atoms with E-state index in [4.69, 9.17) is 21.1 Å². The number of methoxy groups -OCH3 is 1. The molecule has 0 heterocycles. The van der Waals surface area contributed by atoms with Crippen molar-refractivity contribution in [2.24, 2.45) is 4.99 Å². The highest BCUT2D eigenvalue weighted by Crippen LogP contribution is 2.40. The second-order valence-corrected chi connectivity index (χ2v) is 6.26. The number of rotatable bonds is 6. The lowest BCUT2D eigenvalue weighted by Gasteiger charge is -2.15. The van der Waals surface area contributed by atoms with Gasteiger partial charge in [0.05, 0.1) is 29.7 Å². The third-order valence-electron chi connectivity index (χ3n) is 3.85. The quantitative estimate of drug-likeness (QED) is 0.435. The summed E-state index contributed by atoms with van der Waals surface area (Å²) < 4.78 is 50.0. The highest BCUT2D eigenvalue weighted by atomic mass is 35.5. The molecule has 0 bridgehead atoms. The van der Waals surface area contributed by atoms with Gasteiger partial charge >= 0.3 is 6.18 Å². The van der Waals surface area contributed by atoms with Crippen LogP contribution >= 0.6 is 11.6 Å². The van der Waals surface area contributed by atoms with Gasteiger partial charge in [-0.05, 0) is 43.7 Å². The van der Waals surface area contributed by atoms with Crippen molar-refractivity contribution in [3.63, 3.8) is 0 Å². The monoisotopic (exact) mass is 400 g/mol. The first-order valence-electron chi connectivity index (χ1n) is 8.13. The molecule has 0 aliphatic carbocycles. The third kappa shape index (κ3) is 5.29. The fourth-order valence-electron chi connectivity index (χ4n) is 2.18. The molecule has 2 rings (SSSR count). The lowest BCUT2D eigenvalue weighted by atomic mass is 10.1. The van der Waals surface area contributed by atoms with Crippen LogP contribution in [-0.2, 0) is 6.18 Å². The predicted octanol–water partition coefficient (Wildman–Crippen LogP) is 6.08. The first-order chi connectivity index (χ1) is 12.7. The van der Waals surface area contributed by atoms with Crippen molar-refractivity contribution in [1.29, 1.82) is 0 Å². The summed E-state index contributed by atoms with van der Waals surface area (Å²) in [5.74, 6) is 0.648. The molecule has 0 saturated heterocycles. The molecule has 27 heavy (non-hydrogen) atoms. The highest BCUT2D eigenvalue weighted by Gasteiger charge is 2.33. The number of hydrogen-bond acceptors (Lipinski definition) is 3. The predicted molar refractivity (Wildman–Crippen MR) is 101 cm³/mol. The van der Waals surface area contributed by atoms with Crippen LogP contribution in [0.2, 0.25) is 5.02 Å². The molecule has 2 aromatic rings. The molecule has 0 radical (unpaired) electrons. The van der Waals surface area contributed by atoms with Crippen molar-refractivity contribution in [2.45, 2.75) is 20.0 Å². The number of aliphatic imine (C=N–C) groups is 1. The van der Waals surface area contributed by atoms with Crippen LogP contribution in [0, 0.1) is 6.92 Å². The molecule has 0 amide bonds. The lowest BCUT2D eigenvalue weighted by Crippen LogP contribution is -2.14. The molecule has 0 fully saturated rings. The van der Waals surface area contributed by atoms with Crippen LogP contribution in [0.5, 0.6) is 17.2 Å². The van der Waals surface area contributed by atoms with E-state index in [1.165, 1.54) is 13.2 Å². The van der Waals surface area contributed by atoms with Crippen LogP contribution in [0.4, 0.5) is 18.9 Å². The average Bonchev–Trinajstić information content (AvgIpc) is 2.61. The zero-order valence-electron chi connectivity index (χ0n) is 15.4. The van der Waals surface area contributed by atoms with E-state index in [1.807, 2.05) is 25.8 Å². The number of benzene rings is 2. The summed E-state index contributed by atoms with van der Waals surface area (Å²) in [6, 6.07) is 6.72. The minimum absolute atomic E-state index is 0.00592. The maximum atomic E-state index is 13.0. The van der Waals surface area contributed by atoms with E-state index in [0.717, 1.165) is 24.2 Å². The Bertz CT molecular complexity index is 838. The van der Waals surface area contributed by atoms with E-state index in [0.29, 0.717) is 11.4 Å². The molecule has 4 nitrogen and oxygen atoms in total. The van der Waals surface area contributed by atoms with Crippen LogP contribution in [0.1, 0.15) is 18.1 Å². The van der Waals surface area contributed by atoms with Gasteiger partial charge in [-0.3, -0.25) is 0 Å². The summed E-state index contributed by atoms with van der Waals surface area (Å²) in [7, 11) is 3.35. The fourth-order valence-corrected chi connectivity index (χ4v) is 2.41. The minimum Gasteiger partial charge on any atom is -0.493 e. The normalized spacial score (nSPS) is 11.7. The van der Waals surface area contributed by atoms with Crippen molar-refractivity contribution >= 4 is 23.6 Å². The van der Waals surface area contributed by atoms with Crippen molar-refractivity contribution in [3.8, 4) is 17.2 Å². The van der Waals surface area contributed by atoms with Gasteiger partial charge in [0.2, 0.25) is 0 Å². The molecule has 0 saturated carbocycles. The molecule has 0 aliphatic rings. The van der Waals surface area contributed by atoms with Crippen LogP contribution in [0.3, 0.4) is 0 Å². The topological polar surface area (TPSA) is 34.1 Å². The number of halogens is 4. The van der Waals surface area contributed by atoms with Gasteiger partial charge in [0.15, 0.2) is 11.5 Å². The van der Waals surface area contributed by atoms with E-state index in [1.54, 1.807) is 18.5 Å². The molecule has 0 unspecified atom stereocenters. The molecule has 0 spiro atoms. The van der Waals surface area contributed by atoms with E-state index in [-0.39, 0.29) is 16.5 Å². The van der Waals surface area contributed by atoms with E-state index in [2.05, 4.69) is 4.99 Å². The maximum Gasteiger partial charge on any atom is 0.417 e. The molecule has 2 aromatic carbocycles. The van der Waals surface area contributed by atoms with Gasteiger partial charge in [-0.2, -0.15) is 13.2 Å². The van der Waals surface area contributed by atoms with Gasteiger partial charge in [0.1, 0.15) is 5.75 Å². The smallest absolute Gasteiger partial charge is 0.417 e. The zero-order chi connectivity index (χ0) is 20.2. The summed E-state index contributed by atoms with van der Waals surface area (Å²) in [5, 5.41) is -0.386. The Morgan fingerprint density at radius 1 is 1.19 bits per heavy atom. The largest absolute Gasteiger partial charge is 0.493 e. The summed E-state index contributed by atoms with van der Waals surface area (Å²) in [4.78, 5) is 6.30. The molecular formula is C19H20ClF3N2O2. The Labute approximate surface area is 161 Å². The molecule has 0 aliphatic heterocycles. The number of nitrogens with zero attached hydrogens (tertiary/aromatic N) is 2. The average molecular weight is 401 g/mol. The fraction of sp³-hybridized carbons (Fsp3) is 0.316. The van der Waals surface area contributed by atoms with Gasteiger partial charge in [0, 0.05) is 19.7 Å². The summed E-state index contributed by atoms with van der Waals surface area (Å²) >= 11 is 5.64. The first-order valence-corrected chi connectivity index (χ1v) is 8.51. The van der Waals surface area contributed by atoms with Gasteiger partial charge in [-0.15, -0.1) is 0 Å². The van der Waals surface area contributed by atoms with Gasteiger partial charge in [0.25, 0.3) is 0 Å². The Kier molecular flexibility index (Phi) is 6.59. The second-order valence-electron chi connectivity index (χ2n) is 5.85. The van der Waals surface area contributed by atoms with Crippen molar-refractivity contribution in [3.05, 3.63) is 46.5 Å². The van der Waals surface area contributed by atoms with Crippen LogP contribution in [0.25, 0.3) is 0 Å². The number of hydrogen-bond donors (Lipinski definition) is 0. The molecule has 146 valence electrons. The lowest BCUT2D eigenvalue weighted by molar-refractivity contribution is -0.137. The summed E-state index contributed by atoms with van der Waals surface area (Å²) in [6.07, 6.45) is -2.88. The number of ether oxygens (including phenoxy) is 2. The zero-order valence-corrected chi connectivity index (χ0v) is 16.1.